The van der Waals surface area contributed by atoms with Crippen molar-refractivity contribution in [3.63, 3.8) is 0 Å². The number of benzene rings is 2. The number of hydrogen-bond acceptors (Lipinski definition) is 4. The van der Waals surface area contributed by atoms with E-state index >= 15 is 0 Å². The molecular formula is C20H23BrN2O3. The second kappa shape index (κ2) is 9.38. The molecule has 0 bridgehead atoms. The zero-order chi connectivity index (χ0) is 19.1. The van der Waals surface area contributed by atoms with Crippen LogP contribution >= 0.6 is 15.9 Å². The second-order valence-corrected chi connectivity index (χ2v) is 6.66. The van der Waals surface area contributed by atoms with E-state index in [2.05, 4.69) is 40.0 Å². The van der Waals surface area contributed by atoms with Crippen LogP contribution in [0.4, 0.5) is 11.4 Å². The Labute approximate surface area is 162 Å². The molecule has 2 aromatic rings. The molecule has 138 valence electrons. The van der Waals surface area contributed by atoms with Crippen LogP contribution in [0, 0.1) is 6.92 Å². The topological polar surface area (TPSA) is 58.6 Å². The number of hydrogen-bond donors (Lipinski definition) is 1. The Bertz CT molecular complexity index is 771. The lowest BCUT2D eigenvalue weighted by Gasteiger charge is -2.20. The third kappa shape index (κ3) is 5.33. The van der Waals surface area contributed by atoms with Gasteiger partial charge in [0.1, 0.15) is 0 Å². The molecule has 1 amide bonds. The Balaban J connectivity index is 1.89. The number of halogens is 1. The fourth-order valence-corrected chi connectivity index (χ4v) is 2.78. The maximum Gasteiger partial charge on any atom is 0.338 e. The van der Waals surface area contributed by atoms with E-state index in [4.69, 9.17) is 4.74 Å². The summed E-state index contributed by atoms with van der Waals surface area (Å²) in [5, 5.41) is 2.71. The van der Waals surface area contributed by atoms with E-state index in [1.54, 1.807) is 18.2 Å². The van der Waals surface area contributed by atoms with Crippen molar-refractivity contribution in [3.8, 4) is 0 Å². The van der Waals surface area contributed by atoms with E-state index in [9.17, 15) is 9.59 Å². The molecule has 2 rings (SSSR count). The number of aryl methyl sites for hydroxylation is 1. The largest absolute Gasteiger partial charge is 0.452 e. The van der Waals surface area contributed by atoms with Crippen molar-refractivity contribution < 1.29 is 14.3 Å². The minimum absolute atomic E-state index is 0.328. The lowest BCUT2D eigenvalue weighted by atomic mass is 10.2. The van der Waals surface area contributed by atoms with Gasteiger partial charge in [-0.2, -0.15) is 0 Å². The zero-order valence-corrected chi connectivity index (χ0v) is 16.8. The van der Waals surface area contributed by atoms with E-state index < -0.39 is 5.97 Å². The Morgan fingerprint density at radius 2 is 1.73 bits per heavy atom. The van der Waals surface area contributed by atoms with Crippen molar-refractivity contribution in [2.45, 2.75) is 20.8 Å². The molecule has 0 atom stereocenters. The molecule has 2 aromatic carbocycles. The van der Waals surface area contributed by atoms with Gasteiger partial charge in [-0.1, -0.05) is 15.9 Å². The molecule has 0 saturated heterocycles. The molecular weight excluding hydrogens is 396 g/mol. The summed E-state index contributed by atoms with van der Waals surface area (Å²) in [6, 6.07) is 12.7. The van der Waals surface area contributed by atoms with E-state index in [1.807, 2.05) is 31.2 Å². The summed E-state index contributed by atoms with van der Waals surface area (Å²) < 4.78 is 6.06. The van der Waals surface area contributed by atoms with E-state index in [-0.39, 0.29) is 12.5 Å². The standard InChI is InChI=1S/C20H23BrN2O3/c1-4-23(5-2)17-9-6-15(7-10-17)20(25)26-13-19(24)22-16-8-11-18(21)14(3)12-16/h6-12H,4-5,13H2,1-3H3,(H,22,24). The number of ether oxygens (including phenoxy) is 1. The SMILES string of the molecule is CCN(CC)c1ccc(C(=O)OCC(=O)Nc2ccc(Br)c(C)c2)cc1. The van der Waals surface area contributed by atoms with Gasteiger partial charge < -0.3 is 15.0 Å². The highest BCUT2D eigenvalue weighted by Gasteiger charge is 2.11. The van der Waals surface area contributed by atoms with Gasteiger partial charge in [-0.25, -0.2) is 4.79 Å². The Kier molecular flexibility index (Phi) is 7.21. The highest BCUT2D eigenvalue weighted by atomic mass is 79.9. The monoisotopic (exact) mass is 418 g/mol. The van der Waals surface area contributed by atoms with Crippen molar-refractivity contribution >= 4 is 39.2 Å². The third-order valence-corrected chi connectivity index (χ3v) is 4.90. The van der Waals surface area contributed by atoms with Gasteiger partial charge in [0.15, 0.2) is 6.61 Å². The summed E-state index contributed by atoms with van der Waals surface area (Å²) in [7, 11) is 0. The van der Waals surface area contributed by atoms with Gasteiger partial charge in [-0.3, -0.25) is 4.79 Å². The van der Waals surface area contributed by atoms with Crippen molar-refractivity contribution in [3.05, 3.63) is 58.1 Å². The number of carbonyl (C=O) groups is 2. The van der Waals surface area contributed by atoms with Crippen LogP contribution in [0.3, 0.4) is 0 Å². The molecule has 0 aromatic heterocycles. The molecule has 0 aliphatic heterocycles. The molecule has 0 spiro atoms. The van der Waals surface area contributed by atoms with Gasteiger partial charge in [-0.15, -0.1) is 0 Å². The number of nitrogens with one attached hydrogen (secondary N) is 1. The summed E-state index contributed by atoms with van der Waals surface area (Å²) in [6.45, 7) is 7.56. The maximum absolute atomic E-state index is 12.1. The third-order valence-electron chi connectivity index (χ3n) is 4.01. The van der Waals surface area contributed by atoms with Crippen molar-refractivity contribution in [2.75, 3.05) is 29.9 Å². The van der Waals surface area contributed by atoms with Gasteiger partial charge in [0.05, 0.1) is 5.56 Å². The summed E-state index contributed by atoms with van der Waals surface area (Å²) in [5.74, 6) is -0.891. The first kappa shape index (κ1) is 20.0. The maximum atomic E-state index is 12.1. The first-order chi connectivity index (χ1) is 12.4. The average Bonchev–Trinajstić information content (AvgIpc) is 2.64. The molecule has 0 unspecified atom stereocenters. The van der Waals surface area contributed by atoms with Gasteiger partial charge in [0, 0.05) is 28.9 Å². The van der Waals surface area contributed by atoms with Crippen molar-refractivity contribution in [1.29, 1.82) is 0 Å². The van der Waals surface area contributed by atoms with Crippen LogP contribution in [0.25, 0.3) is 0 Å². The zero-order valence-electron chi connectivity index (χ0n) is 15.2. The van der Waals surface area contributed by atoms with Crippen molar-refractivity contribution in [1.82, 2.24) is 0 Å². The predicted octanol–water partition coefficient (Wildman–Crippen LogP) is 4.40. The van der Waals surface area contributed by atoms with Crippen LogP contribution in [0.2, 0.25) is 0 Å². The number of anilines is 2. The van der Waals surface area contributed by atoms with Gasteiger partial charge in [0.25, 0.3) is 5.91 Å². The van der Waals surface area contributed by atoms with Crippen LogP contribution < -0.4 is 10.2 Å². The lowest BCUT2D eigenvalue weighted by molar-refractivity contribution is -0.119. The second-order valence-electron chi connectivity index (χ2n) is 5.81. The van der Waals surface area contributed by atoms with Gasteiger partial charge >= 0.3 is 5.97 Å². The summed E-state index contributed by atoms with van der Waals surface area (Å²) >= 11 is 3.41. The van der Waals surface area contributed by atoms with Gasteiger partial charge in [0.2, 0.25) is 0 Å². The summed E-state index contributed by atoms with van der Waals surface area (Å²) in [6.07, 6.45) is 0. The minimum Gasteiger partial charge on any atom is -0.452 e. The number of rotatable bonds is 7. The predicted molar refractivity (Wildman–Crippen MR) is 108 cm³/mol. The van der Waals surface area contributed by atoms with E-state index in [0.717, 1.165) is 28.8 Å². The highest BCUT2D eigenvalue weighted by molar-refractivity contribution is 9.10. The summed E-state index contributed by atoms with van der Waals surface area (Å²) in [5.41, 5.74) is 3.14. The molecule has 1 N–H and O–H groups in total. The summed E-state index contributed by atoms with van der Waals surface area (Å²) in [4.78, 5) is 26.2. The minimum atomic E-state index is -0.516. The normalized spacial score (nSPS) is 10.3. The Hall–Kier alpha value is -2.34. The lowest BCUT2D eigenvalue weighted by Crippen LogP contribution is -2.22. The fourth-order valence-electron chi connectivity index (χ4n) is 2.53. The van der Waals surface area contributed by atoms with Gasteiger partial charge in [-0.05, 0) is 68.8 Å². The highest BCUT2D eigenvalue weighted by Crippen LogP contribution is 2.20. The molecule has 0 aliphatic carbocycles. The van der Waals surface area contributed by atoms with E-state index in [0.29, 0.717) is 11.3 Å². The first-order valence-electron chi connectivity index (χ1n) is 8.52. The average molecular weight is 419 g/mol. The molecule has 5 nitrogen and oxygen atoms in total. The molecule has 0 aliphatic rings. The molecule has 6 heteroatoms. The van der Waals surface area contributed by atoms with Crippen LogP contribution in [-0.2, 0) is 9.53 Å². The quantitative estimate of drug-likeness (QED) is 0.676. The van der Waals surface area contributed by atoms with Crippen LogP contribution in [0.5, 0.6) is 0 Å². The van der Waals surface area contributed by atoms with E-state index in [1.165, 1.54) is 0 Å². The molecule has 0 heterocycles. The number of esters is 1. The van der Waals surface area contributed by atoms with Crippen molar-refractivity contribution in [2.24, 2.45) is 0 Å². The van der Waals surface area contributed by atoms with Crippen LogP contribution in [0.1, 0.15) is 29.8 Å². The smallest absolute Gasteiger partial charge is 0.338 e. The molecule has 26 heavy (non-hydrogen) atoms. The molecule has 0 saturated carbocycles. The fraction of sp³-hybridized carbons (Fsp3) is 0.300. The number of nitrogens with zero attached hydrogens (tertiary/aromatic N) is 1. The van der Waals surface area contributed by atoms with Crippen LogP contribution in [-0.4, -0.2) is 31.6 Å². The Morgan fingerprint density at radius 1 is 1.08 bits per heavy atom. The molecule has 0 radical (unpaired) electrons. The first-order valence-corrected chi connectivity index (χ1v) is 9.32. The van der Waals surface area contributed by atoms with Crippen LogP contribution in [0.15, 0.2) is 46.9 Å². The Morgan fingerprint density at radius 3 is 2.31 bits per heavy atom. The molecule has 0 fully saturated rings. The number of amides is 1. The number of carbonyl (C=O) groups excluding carboxylic acids is 2.